The van der Waals surface area contributed by atoms with E-state index in [1.54, 1.807) is 32.0 Å². The molecule has 18 heavy (non-hydrogen) atoms. The maximum absolute atomic E-state index is 11.8. The smallest absolute Gasteiger partial charge is 0.228 e. The first-order valence-electron chi connectivity index (χ1n) is 5.35. The Bertz CT molecular complexity index is 411. The molecule has 0 saturated heterocycles. The largest absolute Gasteiger partial charge is 0.495 e. The van der Waals surface area contributed by atoms with Gasteiger partial charge in [-0.25, -0.2) is 0 Å². The quantitative estimate of drug-likeness (QED) is 0.897. The Morgan fingerprint density at radius 3 is 2.50 bits per heavy atom. The SMILES string of the molecule is COc1ccc(NC(=O)C(C)C(C)N)cc1Cl.Cl. The molecular formula is C12H18Cl2N2O2. The lowest BCUT2D eigenvalue weighted by molar-refractivity contribution is -0.119. The summed E-state index contributed by atoms with van der Waals surface area (Å²) in [5.41, 5.74) is 6.29. The van der Waals surface area contributed by atoms with Crippen LogP contribution in [0.5, 0.6) is 5.75 Å². The number of nitrogens with one attached hydrogen (secondary N) is 1. The molecule has 6 heteroatoms. The first kappa shape index (κ1) is 17.0. The van der Waals surface area contributed by atoms with E-state index in [2.05, 4.69) is 5.32 Å². The Kier molecular flexibility index (Phi) is 7.06. The van der Waals surface area contributed by atoms with Crippen LogP contribution in [-0.2, 0) is 4.79 Å². The molecule has 0 fully saturated rings. The third-order valence-corrected chi connectivity index (χ3v) is 2.92. The van der Waals surface area contributed by atoms with Gasteiger partial charge >= 0.3 is 0 Å². The zero-order chi connectivity index (χ0) is 13.0. The number of anilines is 1. The zero-order valence-electron chi connectivity index (χ0n) is 10.6. The van der Waals surface area contributed by atoms with Gasteiger partial charge in [-0.2, -0.15) is 0 Å². The highest BCUT2D eigenvalue weighted by Crippen LogP contribution is 2.27. The lowest BCUT2D eigenvalue weighted by Gasteiger charge is -2.15. The average Bonchev–Trinajstić information content (AvgIpc) is 2.28. The van der Waals surface area contributed by atoms with E-state index < -0.39 is 0 Å². The molecule has 1 aromatic carbocycles. The molecule has 3 N–H and O–H groups in total. The van der Waals surface area contributed by atoms with Gasteiger partial charge in [0.05, 0.1) is 18.1 Å². The van der Waals surface area contributed by atoms with Gasteiger partial charge in [-0.15, -0.1) is 12.4 Å². The highest BCUT2D eigenvalue weighted by atomic mass is 35.5. The molecule has 1 aromatic rings. The Labute approximate surface area is 118 Å². The molecule has 0 aromatic heterocycles. The number of hydrogen-bond donors (Lipinski definition) is 2. The van der Waals surface area contributed by atoms with Crippen molar-refractivity contribution in [3.8, 4) is 5.75 Å². The van der Waals surface area contributed by atoms with Crippen LogP contribution >= 0.6 is 24.0 Å². The third-order valence-electron chi connectivity index (χ3n) is 2.62. The fourth-order valence-electron chi connectivity index (χ4n) is 1.24. The van der Waals surface area contributed by atoms with Crippen molar-refractivity contribution in [1.29, 1.82) is 0 Å². The molecule has 0 aliphatic heterocycles. The second-order valence-corrected chi connectivity index (χ2v) is 4.39. The van der Waals surface area contributed by atoms with Crippen LogP contribution < -0.4 is 15.8 Å². The molecule has 0 radical (unpaired) electrons. The summed E-state index contributed by atoms with van der Waals surface area (Å²) in [6.45, 7) is 3.58. The fraction of sp³-hybridized carbons (Fsp3) is 0.417. The molecule has 0 aliphatic rings. The predicted molar refractivity (Wildman–Crippen MR) is 76.7 cm³/mol. The number of carbonyl (C=O) groups is 1. The number of hydrogen-bond acceptors (Lipinski definition) is 3. The van der Waals surface area contributed by atoms with E-state index in [0.29, 0.717) is 16.5 Å². The van der Waals surface area contributed by atoms with Gasteiger partial charge in [0.1, 0.15) is 5.75 Å². The molecule has 0 saturated carbocycles. The summed E-state index contributed by atoms with van der Waals surface area (Å²) in [6, 6.07) is 4.89. The van der Waals surface area contributed by atoms with Crippen LogP contribution in [0.3, 0.4) is 0 Å². The number of amides is 1. The molecule has 0 heterocycles. The first-order valence-corrected chi connectivity index (χ1v) is 5.73. The van der Waals surface area contributed by atoms with Crippen molar-refractivity contribution in [3.63, 3.8) is 0 Å². The van der Waals surface area contributed by atoms with Gasteiger partial charge in [0, 0.05) is 11.7 Å². The first-order chi connectivity index (χ1) is 7.95. The van der Waals surface area contributed by atoms with E-state index in [-0.39, 0.29) is 30.3 Å². The van der Waals surface area contributed by atoms with E-state index in [9.17, 15) is 4.79 Å². The second-order valence-electron chi connectivity index (χ2n) is 3.99. The number of nitrogens with two attached hydrogens (primary N) is 1. The Hall–Kier alpha value is -0.970. The van der Waals surface area contributed by atoms with Crippen LogP contribution in [0.25, 0.3) is 0 Å². The van der Waals surface area contributed by atoms with Crippen LogP contribution in [0.15, 0.2) is 18.2 Å². The van der Waals surface area contributed by atoms with Crippen molar-refractivity contribution in [2.24, 2.45) is 11.7 Å². The van der Waals surface area contributed by atoms with Crippen LogP contribution in [0.2, 0.25) is 5.02 Å². The molecule has 0 spiro atoms. The number of methoxy groups -OCH3 is 1. The van der Waals surface area contributed by atoms with Gasteiger partial charge in [0.25, 0.3) is 0 Å². The van der Waals surface area contributed by atoms with Gasteiger partial charge in [-0.1, -0.05) is 18.5 Å². The van der Waals surface area contributed by atoms with E-state index in [1.807, 2.05) is 0 Å². The van der Waals surface area contributed by atoms with Crippen molar-refractivity contribution in [1.82, 2.24) is 0 Å². The molecule has 0 bridgehead atoms. The molecule has 102 valence electrons. The Balaban J connectivity index is 0.00000289. The minimum absolute atomic E-state index is 0. The molecule has 4 nitrogen and oxygen atoms in total. The highest BCUT2D eigenvalue weighted by molar-refractivity contribution is 6.32. The van der Waals surface area contributed by atoms with Gasteiger partial charge in [0.15, 0.2) is 0 Å². The molecular weight excluding hydrogens is 275 g/mol. The predicted octanol–water partition coefficient (Wildman–Crippen LogP) is 2.69. The maximum Gasteiger partial charge on any atom is 0.228 e. The second kappa shape index (κ2) is 7.46. The Morgan fingerprint density at radius 1 is 1.44 bits per heavy atom. The van der Waals surface area contributed by atoms with Crippen LogP contribution in [0.1, 0.15) is 13.8 Å². The molecule has 1 amide bonds. The van der Waals surface area contributed by atoms with Crippen molar-refractivity contribution in [3.05, 3.63) is 23.2 Å². The molecule has 2 unspecified atom stereocenters. The standard InChI is InChI=1S/C12H17ClN2O2.ClH/c1-7(8(2)14)12(16)15-9-4-5-11(17-3)10(13)6-9;/h4-8H,14H2,1-3H3,(H,15,16);1H. The number of ether oxygens (including phenoxy) is 1. The van der Waals surface area contributed by atoms with Crippen LogP contribution in [0.4, 0.5) is 5.69 Å². The summed E-state index contributed by atoms with van der Waals surface area (Å²) in [7, 11) is 1.54. The molecule has 2 atom stereocenters. The number of benzene rings is 1. The van der Waals surface area contributed by atoms with E-state index in [4.69, 9.17) is 22.1 Å². The topological polar surface area (TPSA) is 64.3 Å². The van der Waals surface area contributed by atoms with Crippen molar-refractivity contribution >= 4 is 35.6 Å². The molecule has 0 aliphatic carbocycles. The van der Waals surface area contributed by atoms with Crippen molar-refractivity contribution in [2.45, 2.75) is 19.9 Å². The molecule has 1 rings (SSSR count). The average molecular weight is 293 g/mol. The Morgan fingerprint density at radius 2 is 2.06 bits per heavy atom. The van der Waals surface area contributed by atoms with Crippen molar-refractivity contribution in [2.75, 3.05) is 12.4 Å². The summed E-state index contributed by atoms with van der Waals surface area (Å²) in [6.07, 6.45) is 0. The normalized spacial score (nSPS) is 13.2. The van der Waals surface area contributed by atoms with Crippen LogP contribution in [-0.4, -0.2) is 19.1 Å². The summed E-state index contributed by atoms with van der Waals surface area (Å²) in [5, 5.41) is 3.21. The summed E-state index contributed by atoms with van der Waals surface area (Å²) >= 11 is 5.95. The maximum atomic E-state index is 11.8. The monoisotopic (exact) mass is 292 g/mol. The minimum Gasteiger partial charge on any atom is -0.495 e. The van der Waals surface area contributed by atoms with E-state index in [0.717, 1.165) is 0 Å². The van der Waals surface area contributed by atoms with E-state index in [1.165, 1.54) is 7.11 Å². The number of halogens is 2. The summed E-state index contributed by atoms with van der Waals surface area (Å²) in [5.74, 6) is 0.196. The fourth-order valence-corrected chi connectivity index (χ4v) is 1.50. The van der Waals surface area contributed by atoms with Gasteiger partial charge in [-0.3, -0.25) is 4.79 Å². The third kappa shape index (κ3) is 4.37. The van der Waals surface area contributed by atoms with E-state index >= 15 is 0 Å². The number of carbonyl (C=O) groups excluding carboxylic acids is 1. The van der Waals surface area contributed by atoms with Crippen LogP contribution in [0, 0.1) is 5.92 Å². The highest BCUT2D eigenvalue weighted by Gasteiger charge is 2.17. The number of rotatable bonds is 4. The minimum atomic E-state index is -0.254. The van der Waals surface area contributed by atoms with Crippen molar-refractivity contribution < 1.29 is 9.53 Å². The summed E-state index contributed by atoms with van der Waals surface area (Å²) in [4.78, 5) is 11.8. The lowest BCUT2D eigenvalue weighted by Crippen LogP contribution is -2.34. The van der Waals surface area contributed by atoms with Gasteiger partial charge in [0.2, 0.25) is 5.91 Å². The van der Waals surface area contributed by atoms with Gasteiger partial charge < -0.3 is 15.8 Å². The summed E-state index contributed by atoms with van der Waals surface area (Å²) < 4.78 is 5.03. The zero-order valence-corrected chi connectivity index (χ0v) is 12.1. The van der Waals surface area contributed by atoms with Gasteiger partial charge in [-0.05, 0) is 25.1 Å². The lowest BCUT2D eigenvalue weighted by atomic mass is 10.0.